The van der Waals surface area contributed by atoms with Crippen LogP contribution in [0, 0.1) is 5.82 Å². The Bertz CT molecular complexity index is 964. The molecule has 6 heteroatoms. The van der Waals surface area contributed by atoms with E-state index in [0.29, 0.717) is 11.3 Å². The van der Waals surface area contributed by atoms with Crippen molar-refractivity contribution >= 4 is 23.2 Å². The molecular weight excluding hydrogens is 333 g/mol. The second-order valence-electron chi connectivity index (χ2n) is 5.49. The average molecular weight is 349 g/mol. The average Bonchev–Trinajstić information content (AvgIpc) is 3.15. The zero-order valence-electron chi connectivity index (χ0n) is 13.8. The summed E-state index contributed by atoms with van der Waals surface area (Å²) in [5.41, 5.74) is 2.43. The lowest BCUT2D eigenvalue weighted by molar-refractivity contribution is -0.111. The summed E-state index contributed by atoms with van der Waals surface area (Å²) in [6.07, 6.45) is 4.38. The maximum Gasteiger partial charge on any atom is 0.257 e. The normalized spacial score (nSPS) is 10.2. The number of aromatic amines is 1. The van der Waals surface area contributed by atoms with Gasteiger partial charge in [0.1, 0.15) is 5.82 Å². The lowest BCUT2D eigenvalue weighted by atomic mass is 10.0. The Kier molecular flexibility index (Phi) is 4.94. The second-order valence-corrected chi connectivity index (χ2v) is 5.49. The number of halogens is 1. The van der Waals surface area contributed by atoms with Gasteiger partial charge >= 0.3 is 0 Å². The van der Waals surface area contributed by atoms with Gasteiger partial charge in [0.2, 0.25) is 5.91 Å². The van der Waals surface area contributed by atoms with E-state index in [-0.39, 0.29) is 11.6 Å². The lowest BCUT2D eigenvalue weighted by Gasteiger charge is -2.09. The highest BCUT2D eigenvalue weighted by molar-refractivity contribution is 6.09. The van der Waals surface area contributed by atoms with Gasteiger partial charge in [-0.2, -0.15) is 0 Å². The molecule has 0 spiro atoms. The molecule has 2 aromatic carbocycles. The standard InChI is InChI=1S/C20H16FN3O2/c1-2-19(25)24-18-10-14(8-9-17(18)21)23-20(26)16-12-22-11-15(16)13-6-4-3-5-7-13/h2-12,22H,1H2,(H,23,26)(H,24,25). The first kappa shape index (κ1) is 17.2. The zero-order chi connectivity index (χ0) is 18.5. The first-order valence-electron chi connectivity index (χ1n) is 7.85. The minimum absolute atomic E-state index is 0.0370. The summed E-state index contributed by atoms with van der Waals surface area (Å²) < 4.78 is 13.8. The number of carbonyl (C=O) groups excluding carboxylic acids is 2. The van der Waals surface area contributed by atoms with Crippen molar-refractivity contribution in [2.24, 2.45) is 0 Å². The number of hydrogen-bond donors (Lipinski definition) is 3. The van der Waals surface area contributed by atoms with Crippen LogP contribution in [0.2, 0.25) is 0 Å². The van der Waals surface area contributed by atoms with Gasteiger partial charge in [0.05, 0.1) is 11.3 Å². The third kappa shape index (κ3) is 3.70. The van der Waals surface area contributed by atoms with Crippen LogP contribution in [-0.2, 0) is 4.79 Å². The Balaban J connectivity index is 1.83. The van der Waals surface area contributed by atoms with Gasteiger partial charge in [-0.05, 0) is 29.8 Å². The number of carbonyl (C=O) groups is 2. The number of anilines is 2. The molecule has 0 unspecified atom stereocenters. The molecule has 0 aliphatic heterocycles. The highest BCUT2D eigenvalue weighted by Crippen LogP contribution is 2.25. The smallest absolute Gasteiger partial charge is 0.257 e. The van der Waals surface area contributed by atoms with Gasteiger partial charge in [-0.1, -0.05) is 36.9 Å². The highest BCUT2D eigenvalue weighted by atomic mass is 19.1. The highest BCUT2D eigenvalue weighted by Gasteiger charge is 2.15. The summed E-state index contributed by atoms with van der Waals surface area (Å²) in [4.78, 5) is 26.9. The van der Waals surface area contributed by atoms with Gasteiger partial charge in [-0.3, -0.25) is 9.59 Å². The van der Waals surface area contributed by atoms with Crippen molar-refractivity contribution in [2.45, 2.75) is 0 Å². The Labute approximate surface area is 149 Å². The molecule has 2 amide bonds. The maximum atomic E-state index is 13.8. The molecule has 3 rings (SSSR count). The second kappa shape index (κ2) is 7.48. The fraction of sp³-hybridized carbons (Fsp3) is 0. The van der Waals surface area contributed by atoms with Crippen LogP contribution in [0.5, 0.6) is 0 Å². The van der Waals surface area contributed by atoms with Gasteiger partial charge in [0.25, 0.3) is 5.91 Å². The summed E-state index contributed by atoms with van der Waals surface area (Å²) in [5.74, 6) is -1.49. The SMILES string of the molecule is C=CC(=O)Nc1cc(NC(=O)c2c[nH]cc2-c2ccccc2)ccc1F. The van der Waals surface area contributed by atoms with E-state index in [1.807, 2.05) is 30.3 Å². The largest absolute Gasteiger partial charge is 0.366 e. The van der Waals surface area contributed by atoms with Crippen LogP contribution in [-0.4, -0.2) is 16.8 Å². The predicted octanol–water partition coefficient (Wildman–Crippen LogP) is 4.20. The number of H-pyrrole nitrogens is 1. The molecule has 3 aromatic rings. The van der Waals surface area contributed by atoms with E-state index < -0.39 is 11.7 Å². The Hall–Kier alpha value is -3.67. The molecule has 0 fully saturated rings. The van der Waals surface area contributed by atoms with Crippen molar-refractivity contribution in [1.82, 2.24) is 4.98 Å². The number of benzene rings is 2. The van der Waals surface area contributed by atoms with Crippen molar-refractivity contribution in [3.05, 3.63) is 85.0 Å². The molecule has 3 N–H and O–H groups in total. The molecule has 0 saturated heterocycles. The summed E-state index contributed by atoms with van der Waals surface area (Å²) >= 11 is 0. The van der Waals surface area contributed by atoms with Crippen LogP contribution in [0.1, 0.15) is 10.4 Å². The summed E-state index contributed by atoms with van der Waals surface area (Å²) in [7, 11) is 0. The monoisotopic (exact) mass is 349 g/mol. The van der Waals surface area contributed by atoms with E-state index >= 15 is 0 Å². The number of rotatable bonds is 5. The van der Waals surface area contributed by atoms with Crippen molar-refractivity contribution in [3.63, 3.8) is 0 Å². The summed E-state index contributed by atoms with van der Waals surface area (Å²) in [6.45, 7) is 3.32. The van der Waals surface area contributed by atoms with Gasteiger partial charge < -0.3 is 15.6 Å². The van der Waals surface area contributed by atoms with Crippen molar-refractivity contribution in [3.8, 4) is 11.1 Å². The minimum atomic E-state index is -0.607. The van der Waals surface area contributed by atoms with Gasteiger partial charge in [-0.25, -0.2) is 4.39 Å². The first-order chi connectivity index (χ1) is 12.6. The number of nitrogens with one attached hydrogen (secondary N) is 3. The van der Waals surface area contributed by atoms with Crippen molar-refractivity contribution in [1.29, 1.82) is 0 Å². The summed E-state index contributed by atoms with van der Waals surface area (Å²) in [5, 5.41) is 5.07. The Morgan fingerprint density at radius 1 is 1.04 bits per heavy atom. The number of hydrogen-bond acceptors (Lipinski definition) is 2. The van der Waals surface area contributed by atoms with Gasteiger partial charge in [0.15, 0.2) is 0 Å². The molecule has 1 aromatic heterocycles. The van der Waals surface area contributed by atoms with Crippen LogP contribution in [0.25, 0.3) is 11.1 Å². The zero-order valence-corrected chi connectivity index (χ0v) is 13.8. The number of amides is 2. The fourth-order valence-corrected chi connectivity index (χ4v) is 2.49. The molecule has 1 heterocycles. The maximum absolute atomic E-state index is 13.8. The predicted molar refractivity (Wildman–Crippen MR) is 99.4 cm³/mol. The quantitative estimate of drug-likeness (QED) is 0.604. The van der Waals surface area contributed by atoms with Crippen molar-refractivity contribution < 1.29 is 14.0 Å². The topological polar surface area (TPSA) is 74.0 Å². The Morgan fingerprint density at radius 3 is 2.54 bits per heavy atom. The Morgan fingerprint density at radius 2 is 1.81 bits per heavy atom. The molecule has 0 radical (unpaired) electrons. The molecule has 0 aliphatic carbocycles. The van der Waals surface area contributed by atoms with Gasteiger partial charge in [0, 0.05) is 23.6 Å². The van der Waals surface area contributed by atoms with Crippen molar-refractivity contribution in [2.75, 3.05) is 10.6 Å². The molecule has 0 atom stereocenters. The molecule has 0 bridgehead atoms. The van der Waals surface area contributed by atoms with E-state index in [4.69, 9.17) is 0 Å². The fourth-order valence-electron chi connectivity index (χ4n) is 2.49. The molecule has 26 heavy (non-hydrogen) atoms. The molecule has 5 nitrogen and oxygen atoms in total. The lowest BCUT2D eigenvalue weighted by Crippen LogP contribution is -2.13. The molecule has 0 saturated carbocycles. The first-order valence-corrected chi connectivity index (χ1v) is 7.85. The van der Waals surface area contributed by atoms with Crippen LogP contribution in [0.3, 0.4) is 0 Å². The van der Waals surface area contributed by atoms with E-state index in [0.717, 1.165) is 17.2 Å². The van der Waals surface area contributed by atoms with E-state index in [1.54, 1.807) is 12.4 Å². The summed E-state index contributed by atoms with van der Waals surface area (Å²) in [6, 6.07) is 13.4. The minimum Gasteiger partial charge on any atom is -0.366 e. The van der Waals surface area contributed by atoms with Crippen LogP contribution < -0.4 is 10.6 Å². The number of aromatic nitrogens is 1. The van der Waals surface area contributed by atoms with Gasteiger partial charge in [-0.15, -0.1) is 0 Å². The van der Waals surface area contributed by atoms with E-state index in [2.05, 4.69) is 22.2 Å². The molecule has 130 valence electrons. The third-order valence-electron chi connectivity index (χ3n) is 3.74. The van der Waals surface area contributed by atoms with Crippen LogP contribution >= 0.6 is 0 Å². The molecule has 0 aliphatic rings. The van der Waals surface area contributed by atoms with Crippen LogP contribution in [0.4, 0.5) is 15.8 Å². The van der Waals surface area contributed by atoms with Crippen LogP contribution in [0.15, 0.2) is 73.6 Å². The van der Waals surface area contributed by atoms with E-state index in [1.165, 1.54) is 18.2 Å². The van der Waals surface area contributed by atoms with E-state index in [9.17, 15) is 14.0 Å². The molecular formula is C20H16FN3O2. The third-order valence-corrected chi connectivity index (χ3v) is 3.74.